The molecule has 13 heavy (non-hydrogen) atoms. The second-order valence-corrected chi connectivity index (χ2v) is 2.94. The zero-order valence-corrected chi connectivity index (χ0v) is 8.82. The molecule has 0 rings (SSSR count). The van der Waals surface area contributed by atoms with Crippen molar-refractivity contribution in [1.82, 2.24) is 10.2 Å². The monoisotopic (exact) mass is 187 g/mol. The molecule has 2 N–H and O–H groups in total. The standard InChI is InChI=1S/C9H21N3O/c1-4-12(5-2)7-9(13)6-11-8-10-3/h8-9,13H,4-7H2,1-3H3,(H,10,11). The molecule has 4 heteroatoms. The van der Waals surface area contributed by atoms with E-state index in [0.29, 0.717) is 6.54 Å². The molecule has 0 aromatic carbocycles. The van der Waals surface area contributed by atoms with Crippen LogP contribution < -0.4 is 5.32 Å². The van der Waals surface area contributed by atoms with E-state index in [1.54, 1.807) is 13.4 Å². The first kappa shape index (κ1) is 12.4. The Kier molecular flexibility index (Phi) is 7.63. The Balaban J connectivity index is 3.53. The van der Waals surface area contributed by atoms with Crippen molar-refractivity contribution in [1.29, 1.82) is 0 Å². The first-order valence-corrected chi connectivity index (χ1v) is 4.79. The molecule has 0 radical (unpaired) electrons. The van der Waals surface area contributed by atoms with Crippen molar-refractivity contribution in [3.63, 3.8) is 0 Å². The Morgan fingerprint density at radius 1 is 1.46 bits per heavy atom. The summed E-state index contributed by atoms with van der Waals surface area (Å²) in [6.07, 6.45) is 1.28. The normalized spacial score (nSPS) is 13.9. The minimum absolute atomic E-state index is 0.321. The molecule has 0 aliphatic rings. The smallest absolute Gasteiger partial charge is 0.0839 e. The highest BCUT2D eigenvalue weighted by Gasteiger charge is 2.07. The summed E-state index contributed by atoms with van der Waals surface area (Å²) in [5.41, 5.74) is 0. The number of aliphatic imine (C=N–C) groups is 1. The second-order valence-electron chi connectivity index (χ2n) is 2.94. The highest BCUT2D eigenvalue weighted by atomic mass is 16.3. The van der Waals surface area contributed by atoms with Gasteiger partial charge in [0.2, 0.25) is 0 Å². The first-order chi connectivity index (χ1) is 6.24. The van der Waals surface area contributed by atoms with Gasteiger partial charge in [-0.15, -0.1) is 0 Å². The number of hydrogen-bond acceptors (Lipinski definition) is 3. The molecule has 0 fully saturated rings. The maximum atomic E-state index is 9.54. The lowest BCUT2D eigenvalue weighted by Crippen LogP contribution is -2.37. The number of rotatable bonds is 7. The molecule has 0 heterocycles. The molecule has 0 aliphatic heterocycles. The highest BCUT2D eigenvalue weighted by molar-refractivity contribution is 5.53. The van der Waals surface area contributed by atoms with Gasteiger partial charge in [0.15, 0.2) is 0 Å². The quantitative estimate of drug-likeness (QED) is 0.433. The summed E-state index contributed by atoms with van der Waals surface area (Å²) in [7, 11) is 1.70. The largest absolute Gasteiger partial charge is 0.390 e. The van der Waals surface area contributed by atoms with E-state index in [9.17, 15) is 5.11 Å². The average molecular weight is 187 g/mol. The number of aliphatic hydroxyl groups excluding tert-OH is 1. The fourth-order valence-corrected chi connectivity index (χ4v) is 1.12. The molecule has 0 saturated carbocycles. The van der Waals surface area contributed by atoms with Crippen LogP contribution in [0.4, 0.5) is 0 Å². The number of aliphatic hydroxyl groups is 1. The van der Waals surface area contributed by atoms with Crippen molar-refractivity contribution in [3.05, 3.63) is 0 Å². The molecule has 0 aromatic heterocycles. The van der Waals surface area contributed by atoms with Crippen LogP contribution in [0.1, 0.15) is 13.8 Å². The van der Waals surface area contributed by atoms with Crippen molar-refractivity contribution < 1.29 is 5.11 Å². The van der Waals surface area contributed by atoms with Crippen molar-refractivity contribution in [2.24, 2.45) is 4.99 Å². The molecule has 0 amide bonds. The Labute approximate surface area is 80.7 Å². The summed E-state index contributed by atoms with van der Waals surface area (Å²) in [6.45, 7) is 7.44. The van der Waals surface area contributed by atoms with Gasteiger partial charge in [0.1, 0.15) is 0 Å². The van der Waals surface area contributed by atoms with E-state index in [-0.39, 0.29) is 6.10 Å². The summed E-state index contributed by atoms with van der Waals surface area (Å²) in [6, 6.07) is 0. The van der Waals surface area contributed by atoms with Crippen LogP contribution in [-0.2, 0) is 0 Å². The SMILES string of the molecule is CCN(CC)CC(O)CN/C=N/C. The van der Waals surface area contributed by atoms with Crippen LogP contribution in [-0.4, -0.2) is 55.7 Å². The first-order valence-electron chi connectivity index (χ1n) is 4.79. The molecule has 0 bridgehead atoms. The van der Waals surface area contributed by atoms with Crippen molar-refractivity contribution >= 4 is 6.34 Å². The zero-order valence-electron chi connectivity index (χ0n) is 8.82. The third-order valence-corrected chi connectivity index (χ3v) is 1.94. The van der Waals surface area contributed by atoms with Gasteiger partial charge in [-0.25, -0.2) is 0 Å². The molecular formula is C9H21N3O. The minimum Gasteiger partial charge on any atom is -0.390 e. The van der Waals surface area contributed by atoms with E-state index < -0.39 is 0 Å². The van der Waals surface area contributed by atoms with E-state index in [1.807, 2.05) is 0 Å². The molecule has 1 atom stereocenters. The number of nitrogens with zero attached hydrogens (tertiary/aromatic N) is 2. The Bertz CT molecular complexity index is 135. The van der Waals surface area contributed by atoms with Crippen LogP contribution in [0.2, 0.25) is 0 Å². The third kappa shape index (κ3) is 6.54. The fraction of sp³-hybridized carbons (Fsp3) is 0.889. The van der Waals surface area contributed by atoms with Crippen LogP contribution in [0.25, 0.3) is 0 Å². The van der Waals surface area contributed by atoms with Gasteiger partial charge >= 0.3 is 0 Å². The van der Waals surface area contributed by atoms with Crippen LogP contribution in [0.5, 0.6) is 0 Å². The van der Waals surface area contributed by atoms with Gasteiger partial charge < -0.3 is 15.3 Å². The average Bonchev–Trinajstić information content (AvgIpc) is 2.14. The topological polar surface area (TPSA) is 47.9 Å². The summed E-state index contributed by atoms with van der Waals surface area (Å²) in [4.78, 5) is 5.96. The van der Waals surface area contributed by atoms with Crippen molar-refractivity contribution in [2.45, 2.75) is 20.0 Å². The van der Waals surface area contributed by atoms with E-state index in [2.05, 4.69) is 29.1 Å². The molecule has 1 unspecified atom stereocenters. The maximum Gasteiger partial charge on any atom is 0.0839 e. The molecule has 0 aromatic rings. The van der Waals surface area contributed by atoms with Gasteiger partial charge in [-0.3, -0.25) is 4.99 Å². The van der Waals surface area contributed by atoms with Crippen molar-refractivity contribution in [3.8, 4) is 0 Å². The number of hydrogen-bond donors (Lipinski definition) is 2. The lowest BCUT2D eigenvalue weighted by Gasteiger charge is -2.21. The number of likely N-dealkylation sites (N-methyl/N-ethyl adjacent to an activating group) is 1. The van der Waals surface area contributed by atoms with Gasteiger partial charge in [0.25, 0.3) is 0 Å². The summed E-state index contributed by atoms with van der Waals surface area (Å²) < 4.78 is 0. The van der Waals surface area contributed by atoms with Crippen LogP contribution in [0.15, 0.2) is 4.99 Å². The van der Waals surface area contributed by atoms with Gasteiger partial charge in [-0.1, -0.05) is 13.8 Å². The molecule has 4 nitrogen and oxygen atoms in total. The van der Waals surface area contributed by atoms with Crippen molar-refractivity contribution in [2.75, 3.05) is 33.2 Å². The molecular weight excluding hydrogens is 166 g/mol. The lowest BCUT2D eigenvalue weighted by atomic mass is 10.3. The Morgan fingerprint density at radius 3 is 2.54 bits per heavy atom. The van der Waals surface area contributed by atoms with Crippen LogP contribution in [0.3, 0.4) is 0 Å². The highest BCUT2D eigenvalue weighted by Crippen LogP contribution is 1.90. The second kappa shape index (κ2) is 8.01. The molecule has 0 spiro atoms. The van der Waals surface area contributed by atoms with Gasteiger partial charge in [0.05, 0.1) is 12.4 Å². The Morgan fingerprint density at radius 2 is 2.08 bits per heavy atom. The van der Waals surface area contributed by atoms with Gasteiger partial charge in [0, 0.05) is 20.1 Å². The van der Waals surface area contributed by atoms with E-state index >= 15 is 0 Å². The van der Waals surface area contributed by atoms with Gasteiger partial charge in [-0.2, -0.15) is 0 Å². The predicted molar refractivity (Wildman–Crippen MR) is 56.2 cm³/mol. The fourth-order valence-electron chi connectivity index (χ4n) is 1.12. The third-order valence-electron chi connectivity index (χ3n) is 1.94. The van der Waals surface area contributed by atoms with Crippen LogP contribution in [0, 0.1) is 0 Å². The predicted octanol–water partition coefficient (Wildman–Crippen LogP) is -0.0632. The lowest BCUT2D eigenvalue weighted by molar-refractivity contribution is 0.121. The maximum absolute atomic E-state index is 9.54. The molecule has 78 valence electrons. The molecule has 0 aliphatic carbocycles. The summed E-state index contributed by atoms with van der Waals surface area (Å²) >= 11 is 0. The van der Waals surface area contributed by atoms with E-state index in [0.717, 1.165) is 19.6 Å². The molecule has 0 saturated heterocycles. The van der Waals surface area contributed by atoms with E-state index in [4.69, 9.17) is 0 Å². The zero-order chi connectivity index (χ0) is 10.1. The number of nitrogens with one attached hydrogen (secondary N) is 1. The van der Waals surface area contributed by atoms with Crippen LogP contribution >= 0.6 is 0 Å². The van der Waals surface area contributed by atoms with Gasteiger partial charge in [-0.05, 0) is 13.1 Å². The summed E-state index contributed by atoms with van der Waals surface area (Å²) in [5, 5.41) is 12.5. The summed E-state index contributed by atoms with van der Waals surface area (Å²) in [5.74, 6) is 0. The van der Waals surface area contributed by atoms with E-state index in [1.165, 1.54) is 0 Å². The minimum atomic E-state index is -0.321. The Hall–Kier alpha value is -0.610.